The highest BCUT2D eigenvalue weighted by atomic mass is 35.5. The highest BCUT2D eigenvalue weighted by Gasteiger charge is 2.21. The first-order valence-electron chi connectivity index (χ1n) is 5.15. The zero-order chi connectivity index (χ0) is 13.9. The number of rotatable bonds is 4. The van der Waals surface area contributed by atoms with Gasteiger partial charge < -0.3 is 4.90 Å². The first-order valence-corrected chi connectivity index (χ1v) is 5.69. The van der Waals surface area contributed by atoms with Crippen molar-refractivity contribution in [2.45, 2.75) is 13.0 Å². The molecule has 1 aromatic rings. The van der Waals surface area contributed by atoms with Gasteiger partial charge >= 0.3 is 0 Å². The number of non-ortho nitro benzene ring substituents is 1. The molecule has 1 atom stereocenters. The van der Waals surface area contributed by atoms with Gasteiger partial charge in [0.25, 0.3) is 11.6 Å². The fourth-order valence-electron chi connectivity index (χ4n) is 1.28. The van der Waals surface area contributed by atoms with E-state index in [2.05, 4.69) is 0 Å². The normalized spacial score (nSPS) is 12.0. The molecule has 0 aliphatic carbocycles. The second kappa shape index (κ2) is 5.77. The van der Waals surface area contributed by atoms with Crippen molar-refractivity contribution in [2.24, 2.45) is 0 Å². The van der Waals surface area contributed by atoms with E-state index in [0.29, 0.717) is 0 Å². The quantitative estimate of drug-likeness (QED) is 0.481. The minimum atomic E-state index is -0.914. The number of nitrogens with zero attached hydrogens (tertiary/aromatic N) is 2. The van der Waals surface area contributed by atoms with Crippen molar-refractivity contribution in [3.8, 4) is 0 Å². The van der Waals surface area contributed by atoms with Crippen LogP contribution in [0.2, 0.25) is 0 Å². The van der Waals surface area contributed by atoms with Crippen LogP contribution in [-0.2, 0) is 0 Å². The maximum absolute atomic E-state index is 13.6. The molecule has 0 heterocycles. The molecular formula is C11H12ClFN2O3. The Morgan fingerprint density at radius 3 is 2.67 bits per heavy atom. The molecular weight excluding hydrogens is 263 g/mol. The standard InChI is InChI=1S/C11H12ClFN2O3/c1-7(6-12)14(2)11(16)9-4-3-8(15(17)18)5-10(9)13/h3-5,7H,6H2,1-2H3. The average Bonchev–Trinajstić information content (AvgIpc) is 2.35. The van der Waals surface area contributed by atoms with Crippen LogP contribution in [0.4, 0.5) is 10.1 Å². The van der Waals surface area contributed by atoms with Crippen molar-refractivity contribution in [3.63, 3.8) is 0 Å². The minimum absolute atomic E-state index is 0.208. The third-order valence-corrected chi connectivity index (χ3v) is 3.05. The second-order valence-electron chi connectivity index (χ2n) is 3.84. The Hall–Kier alpha value is -1.69. The lowest BCUT2D eigenvalue weighted by atomic mass is 10.1. The topological polar surface area (TPSA) is 63.5 Å². The van der Waals surface area contributed by atoms with Crippen LogP contribution in [0.15, 0.2) is 18.2 Å². The molecule has 0 aromatic heterocycles. The maximum Gasteiger partial charge on any atom is 0.272 e. The van der Waals surface area contributed by atoms with Gasteiger partial charge in [0.1, 0.15) is 5.82 Å². The van der Waals surface area contributed by atoms with Crippen LogP contribution in [0.1, 0.15) is 17.3 Å². The van der Waals surface area contributed by atoms with Crippen LogP contribution in [0, 0.1) is 15.9 Å². The van der Waals surface area contributed by atoms with Crippen LogP contribution in [0.5, 0.6) is 0 Å². The molecule has 0 aliphatic rings. The van der Waals surface area contributed by atoms with E-state index in [1.54, 1.807) is 6.92 Å². The fourth-order valence-corrected chi connectivity index (χ4v) is 1.49. The molecule has 0 spiro atoms. The number of alkyl halides is 1. The number of hydrogen-bond acceptors (Lipinski definition) is 3. The van der Waals surface area contributed by atoms with Crippen molar-refractivity contribution in [3.05, 3.63) is 39.7 Å². The molecule has 1 rings (SSSR count). The monoisotopic (exact) mass is 274 g/mol. The Kier molecular flexibility index (Phi) is 4.61. The number of nitro groups is 1. The summed E-state index contributed by atoms with van der Waals surface area (Å²) in [7, 11) is 1.50. The van der Waals surface area contributed by atoms with Crippen LogP contribution in [-0.4, -0.2) is 34.7 Å². The first kappa shape index (κ1) is 14.4. The highest BCUT2D eigenvalue weighted by molar-refractivity contribution is 6.18. The lowest BCUT2D eigenvalue weighted by Crippen LogP contribution is -2.36. The van der Waals surface area contributed by atoms with Crippen molar-refractivity contribution < 1.29 is 14.1 Å². The number of nitro benzene ring substituents is 1. The van der Waals surface area contributed by atoms with Gasteiger partial charge in [-0.3, -0.25) is 14.9 Å². The van der Waals surface area contributed by atoms with E-state index in [1.165, 1.54) is 11.9 Å². The lowest BCUT2D eigenvalue weighted by molar-refractivity contribution is -0.385. The van der Waals surface area contributed by atoms with E-state index in [-0.39, 0.29) is 17.5 Å². The van der Waals surface area contributed by atoms with Gasteiger partial charge in [-0.25, -0.2) is 4.39 Å². The Balaban J connectivity index is 3.04. The van der Waals surface area contributed by atoms with Gasteiger partial charge in [-0.2, -0.15) is 0 Å². The Bertz CT molecular complexity index is 481. The Labute approximate surface area is 108 Å². The summed E-state index contributed by atoms with van der Waals surface area (Å²) < 4.78 is 13.6. The second-order valence-corrected chi connectivity index (χ2v) is 4.15. The van der Waals surface area contributed by atoms with Gasteiger partial charge in [0.15, 0.2) is 0 Å². The van der Waals surface area contributed by atoms with Crippen LogP contribution < -0.4 is 0 Å². The average molecular weight is 275 g/mol. The summed E-state index contributed by atoms with van der Waals surface area (Å²) >= 11 is 5.61. The minimum Gasteiger partial charge on any atom is -0.338 e. The molecule has 0 saturated carbocycles. The van der Waals surface area contributed by atoms with Crippen molar-refractivity contribution in [1.82, 2.24) is 4.90 Å². The number of halogens is 2. The van der Waals surface area contributed by atoms with Gasteiger partial charge in [-0.05, 0) is 13.0 Å². The Morgan fingerprint density at radius 2 is 2.22 bits per heavy atom. The van der Waals surface area contributed by atoms with Gasteiger partial charge in [0.05, 0.1) is 16.6 Å². The number of carbonyl (C=O) groups is 1. The number of benzene rings is 1. The predicted molar refractivity (Wildman–Crippen MR) is 65.3 cm³/mol. The predicted octanol–water partition coefficient (Wildman–Crippen LogP) is 2.43. The van der Waals surface area contributed by atoms with Crippen molar-refractivity contribution >= 4 is 23.2 Å². The van der Waals surface area contributed by atoms with Gasteiger partial charge in [0.2, 0.25) is 0 Å². The molecule has 1 unspecified atom stereocenters. The zero-order valence-corrected chi connectivity index (χ0v) is 10.6. The largest absolute Gasteiger partial charge is 0.338 e. The summed E-state index contributed by atoms with van der Waals surface area (Å²) in [5.41, 5.74) is -0.600. The molecule has 5 nitrogen and oxygen atoms in total. The van der Waals surface area contributed by atoms with E-state index in [9.17, 15) is 19.3 Å². The maximum atomic E-state index is 13.6. The summed E-state index contributed by atoms with van der Waals surface area (Å²) in [6.45, 7) is 1.72. The summed E-state index contributed by atoms with van der Waals surface area (Å²) in [6.07, 6.45) is 0. The zero-order valence-electron chi connectivity index (χ0n) is 9.89. The lowest BCUT2D eigenvalue weighted by Gasteiger charge is -2.23. The third-order valence-electron chi connectivity index (χ3n) is 2.60. The van der Waals surface area contributed by atoms with Gasteiger partial charge in [0, 0.05) is 25.0 Å². The molecule has 7 heteroatoms. The van der Waals surface area contributed by atoms with E-state index >= 15 is 0 Å². The third kappa shape index (κ3) is 2.95. The number of hydrogen-bond donors (Lipinski definition) is 0. The van der Waals surface area contributed by atoms with Crippen LogP contribution >= 0.6 is 11.6 Å². The summed E-state index contributed by atoms with van der Waals surface area (Å²) in [4.78, 5) is 22.9. The molecule has 0 N–H and O–H groups in total. The fraction of sp³-hybridized carbons (Fsp3) is 0.364. The molecule has 0 fully saturated rings. The summed E-state index contributed by atoms with van der Waals surface area (Å²) in [5.74, 6) is -1.25. The molecule has 0 saturated heterocycles. The highest BCUT2D eigenvalue weighted by Crippen LogP contribution is 2.18. The van der Waals surface area contributed by atoms with E-state index < -0.39 is 22.3 Å². The Morgan fingerprint density at radius 1 is 1.61 bits per heavy atom. The van der Waals surface area contributed by atoms with Crippen molar-refractivity contribution in [1.29, 1.82) is 0 Å². The smallest absolute Gasteiger partial charge is 0.272 e. The first-order chi connectivity index (χ1) is 8.38. The molecule has 0 radical (unpaired) electrons. The van der Waals surface area contributed by atoms with E-state index in [4.69, 9.17) is 11.6 Å². The SMILES string of the molecule is CC(CCl)N(C)C(=O)c1ccc([N+](=O)[O-])cc1F. The molecule has 0 aliphatic heterocycles. The van der Waals surface area contributed by atoms with Crippen LogP contribution in [0.3, 0.4) is 0 Å². The van der Waals surface area contributed by atoms with Gasteiger partial charge in [-0.1, -0.05) is 0 Å². The van der Waals surface area contributed by atoms with Crippen molar-refractivity contribution in [2.75, 3.05) is 12.9 Å². The molecule has 18 heavy (non-hydrogen) atoms. The number of carbonyl (C=O) groups excluding carboxylic acids is 1. The molecule has 98 valence electrons. The van der Waals surface area contributed by atoms with Crippen LogP contribution in [0.25, 0.3) is 0 Å². The van der Waals surface area contributed by atoms with Gasteiger partial charge in [-0.15, -0.1) is 11.6 Å². The summed E-state index contributed by atoms with van der Waals surface area (Å²) in [5, 5.41) is 10.4. The molecule has 0 bridgehead atoms. The molecule has 1 aromatic carbocycles. The van der Waals surface area contributed by atoms with E-state index in [0.717, 1.165) is 18.2 Å². The summed E-state index contributed by atoms with van der Waals surface area (Å²) in [6, 6.07) is 2.67. The number of amides is 1. The van der Waals surface area contributed by atoms with E-state index in [1.807, 2.05) is 0 Å². The molecule has 1 amide bonds.